The first kappa shape index (κ1) is 23.8. The fourth-order valence-electron chi connectivity index (χ4n) is 3.68. The topological polar surface area (TPSA) is 84.5 Å². The lowest BCUT2D eigenvalue weighted by Crippen LogP contribution is -2.31. The number of benzene rings is 2. The van der Waals surface area contributed by atoms with Crippen LogP contribution < -0.4 is 10.6 Å². The highest BCUT2D eigenvalue weighted by atomic mass is 32.2. The summed E-state index contributed by atoms with van der Waals surface area (Å²) in [5, 5.41) is 5.49. The number of nitrogens with one attached hydrogen (secondary N) is 2. The van der Waals surface area contributed by atoms with Gasteiger partial charge in [-0.15, -0.1) is 11.8 Å². The Morgan fingerprint density at radius 3 is 2.59 bits per heavy atom. The van der Waals surface area contributed by atoms with Gasteiger partial charge in [-0.05, 0) is 49.1 Å². The number of ether oxygens (including phenoxy) is 1. The standard InChI is InChI=1S/C24H27FN2O4S/c1-31-24(30)17-11-12-19(25)20(13-17)27-23(29)18-9-5-6-10-21(18)32-15-22(28)26-14-16-7-3-2-4-8-16/h5-6,9-13,16H,2-4,7-8,14-15H2,1H3,(H,26,28)(H,27,29). The van der Waals surface area contributed by atoms with E-state index in [0.29, 0.717) is 22.9 Å². The fraction of sp³-hybridized carbons (Fsp3) is 0.375. The summed E-state index contributed by atoms with van der Waals surface area (Å²) in [6.07, 6.45) is 6.03. The molecule has 2 aromatic carbocycles. The molecule has 3 rings (SSSR count). The maximum Gasteiger partial charge on any atom is 0.337 e. The molecule has 2 N–H and O–H groups in total. The fourth-order valence-corrected chi connectivity index (χ4v) is 4.56. The third kappa shape index (κ3) is 6.56. The Hall–Kier alpha value is -2.87. The molecule has 0 atom stereocenters. The van der Waals surface area contributed by atoms with Crippen LogP contribution >= 0.6 is 11.8 Å². The Bertz CT molecular complexity index is 976. The molecule has 170 valence electrons. The van der Waals surface area contributed by atoms with Crippen LogP contribution in [-0.2, 0) is 9.53 Å². The third-order valence-corrected chi connectivity index (χ3v) is 6.51. The van der Waals surface area contributed by atoms with Crippen LogP contribution in [0.15, 0.2) is 47.4 Å². The van der Waals surface area contributed by atoms with Gasteiger partial charge < -0.3 is 15.4 Å². The number of hydrogen-bond acceptors (Lipinski definition) is 5. The maximum atomic E-state index is 14.2. The van der Waals surface area contributed by atoms with Gasteiger partial charge in [-0.1, -0.05) is 31.4 Å². The van der Waals surface area contributed by atoms with Crippen molar-refractivity contribution >= 4 is 35.2 Å². The van der Waals surface area contributed by atoms with E-state index in [1.54, 1.807) is 24.3 Å². The number of anilines is 1. The Labute approximate surface area is 191 Å². The molecule has 0 spiro atoms. The molecular weight excluding hydrogens is 431 g/mol. The molecule has 6 nitrogen and oxygen atoms in total. The van der Waals surface area contributed by atoms with E-state index in [-0.39, 0.29) is 22.9 Å². The number of esters is 1. The first-order valence-electron chi connectivity index (χ1n) is 10.7. The minimum absolute atomic E-state index is 0.0763. The number of carbonyl (C=O) groups is 3. The van der Waals surface area contributed by atoms with Gasteiger partial charge >= 0.3 is 5.97 Å². The molecule has 0 aromatic heterocycles. The normalized spacial score (nSPS) is 13.9. The van der Waals surface area contributed by atoms with Crippen LogP contribution in [0.1, 0.15) is 52.8 Å². The molecule has 1 aliphatic rings. The zero-order chi connectivity index (χ0) is 22.9. The molecule has 1 fully saturated rings. The van der Waals surface area contributed by atoms with Crippen molar-refractivity contribution in [1.82, 2.24) is 5.32 Å². The maximum absolute atomic E-state index is 14.2. The number of hydrogen-bond donors (Lipinski definition) is 2. The number of halogens is 1. The molecule has 0 aliphatic heterocycles. The third-order valence-electron chi connectivity index (χ3n) is 5.44. The van der Waals surface area contributed by atoms with Gasteiger partial charge in [0.2, 0.25) is 5.91 Å². The lowest BCUT2D eigenvalue weighted by atomic mass is 9.89. The summed E-state index contributed by atoms with van der Waals surface area (Å²) in [4.78, 5) is 37.4. The van der Waals surface area contributed by atoms with Gasteiger partial charge in [-0.25, -0.2) is 9.18 Å². The molecule has 2 amide bonds. The van der Waals surface area contributed by atoms with E-state index in [1.165, 1.54) is 50.3 Å². The van der Waals surface area contributed by atoms with Crippen LogP contribution in [0.2, 0.25) is 0 Å². The lowest BCUT2D eigenvalue weighted by molar-refractivity contribution is -0.118. The summed E-state index contributed by atoms with van der Waals surface area (Å²) in [5.41, 5.74) is 0.324. The number of amides is 2. The minimum atomic E-state index is -0.668. The van der Waals surface area contributed by atoms with Gasteiger partial charge in [0, 0.05) is 11.4 Å². The summed E-state index contributed by atoms with van der Waals surface area (Å²) in [6, 6.07) is 10.4. The van der Waals surface area contributed by atoms with Crippen LogP contribution in [0.3, 0.4) is 0 Å². The van der Waals surface area contributed by atoms with Crippen molar-refractivity contribution in [3.8, 4) is 0 Å². The monoisotopic (exact) mass is 458 g/mol. The van der Waals surface area contributed by atoms with E-state index in [2.05, 4.69) is 15.4 Å². The molecule has 8 heteroatoms. The first-order valence-corrected chi connectivity index (χ1v) is 11.6. The highest BCUT2D eigenvalue weighted by molar-refractivity contribution is 8.00. The van der Waals surface area contributed by atoms with Crippen LogP contribution in [0, 0.1) is 11.7 Å². The predicted molar refractivity (Wildman–Crippen MR) is 122 cm³/mol. The quantitative estimate of drug-likeness (QED) is 0.444. The summed E-state index contributed by atoms with van der Waals surface area (Å²) in [7, 11) is 1.22. The van der Waals surface area contributed by atoms with Crippen molar-refractivity contribution in [2.75, 3.05) is 24.7 Å². The lowest BCUT2D eigenvalue weighted by Gasteiger charge is -2.21. The second-order valence-electron chi connectivity index (χ2n) is 7.73. The first-order chi connectivity index (χ1) is 15.5. The average Bonchev–Trinajstić information content (AvgIpc) is 2.83. The minimum Gasteiger partial charge on any atom is -0.465 e. The van der Waals surface area contributed by atoms with Gasteiger partial charge in [0.15, 0.2) is 0 Å². The summed E-state index contributed by atoms with van der Waals surface area (Å²) >= 11 is 1.26. The molecule has 1 aliphatic carbocycles. The Morgan fingerprint density at radius 2 is 1.84 bits per heavy atom. The summed E-state index contributed by atoms with van der Waals surface area (Å²) in [6.45, 7) is 0.692. The molecule has 0 bridgehead atoms. The van der Waals surface area contributed by atoms with Crippen LogP contribution in [0.5, 0.6) is 0 Å². The Balaban J connectivity index is 1.61. The molecule has 2 aromatic rings. The van der Waals surface area contributed by atoms with Gasteiger partial charge in [0.1, 0.15) is 5.82 Å². The highest BCUT2D eigenvalue weighted by Crippen LogP contribution is 2.25. The van der Waals surface area contributed by atoms with Crippen molar-refractivity contribution < 1.29 is 23.5 Å². The number of rotatable bonds is 8. The van der Waals surface area contributed by atoms with Gasteiger partial charge in [0.25, 0.3) is 5.91 Å². The highest BCUT2D eigenvalue weighted by Gasteiger charge is 2.18. The van der Waals surface area contributed by atoms with Gasteiger partial charge in [0.05, 0.1) is 29.7 Å². The van der Waals surface area contributed by atoms with E-state index < -0.39 is 17.7 Å². The second kappa shape index (κ2) is 11.7. The Morgan fingerprint density at radius 1 is 1.09 bits per heavy atom. The molecule has 0 saturated heterocycles. The van der Waals surface area contributed by atoms with Gasteiger partial charge in [-0.3, -0.25) is 9.59 Å². The van der Waals surface area contributed by atoms with E-state index >= 15 is 0 Å². The molecule has 1 saturated carbocycles. The smallest absolute Gasteiger partial charge is 0.337 e. The zero-order valence-electron chi connectivity index (χ0n) is 18.0. The number of carbonyl (C=O) groups excluding carboxylic acids is 3. The molecule has 0 unspecified atom stereocenters. The molecular formula is C24H27FN2O4S. The molecule has 0 heterocycles. The number of methoxy groups -OCH3 is 1. The molecule has 32 heavy (non-hydrogen) atoms. The van der Waals surface area contributed by atoms with Crippen molar-refractivity contribution in [3.63, 3.8) is 0 Å². The number of thioether (sulfide) groups is 1. The Kier molecular flexibility index (Phi) is 8.67. The van der Waals surface area contributed by atoms with Crippen LogP contribution in [0.25, 0.3) is 0 Å². The van der Waals surface area contributed by atoms with Crippen molar-refractivity contribution in [2.24, 2.45) is 5.92 Å². The van der Waals surface area contributed by atoms with Crippen molar-refractivity contribution in [2.45, 2.75) is 37.0 Å². The van der Waals surface area contributed by atoms with Crippen LogP contribution in [0.4, 0.5) is 10.1 Å². The zero-order valence-corrected chi connectivity index (χ0v) is 18.8. The predicted octanol–water partition coefficient (Wildman–Crippen LogP) is 4.65. The van der Waals surface area contributed by atoms with E-state index in [1.807, 2.05) is 0 Å². The largest absolute Gasteiger partial charge is 0.465 e. The molecule has 0 radical (unpaired) electrons. The summed E-state index contributed by atoms with van der Waals surface area (Å²) < 4.78 is 18.8. The van der Waals surface area contributed by atoms with Crippen molar-refractivity contribution in [3.05, 3.63) is 59.4 Å². The summed E-state index contributed by atoms with van der Waals surface area (Å²) in [5.74, 6) is -1.17. The van der Waals surface area contributed by atoms with E-state index in [4.69, 9.17) is 0 Å². The van der Waals surface area contributed by atoms with Crippen LogP contribution in [-0.4, -0.2) is 37.2 Å². The van der Waals surface area contributed by atoms with E-state index in [9.17, 15) is 18.8 Å². The van der Waals surface area contributed by atoms with Gasteiger partial charge in [-0.2, -0.15) is 0 Å². The van der Waals surface area contributed by atoms with E-state index in [0.717, 1.165) is 18.9 Å². The second-order valence-corrected chi connectivity index (χ2v) is 8.75. The SMILES string of the molecule is COC(=O)c1ccc(F)c(NC(=O)c2ccccc2SCC(=O)NCC2CCCCC2)c1. The average molecular weight is 459 g/mol. The van der Waals surface area contributed by atoms with Crippen molar-refractivity contribution in [1.29, 1.82) is 0 Å².